The fraction of sp³-hybridized carbons (Fsp3) is 0.556. The average molecular weight is 246 g/mol. The van der Waals surface area contributed by atoms with Crippen LogP contribution in [0, 0.1) is 0 Å². The molecule has 72 valence electrons. The first-order valence-electron chi connectivity index (χ1n) is 4.26. The molecule has 1 saturated heterocycles. The Hall–Kier alpha value is -0.320. The molecule has 1 aromatic heterocycles. The minimum Gasteiger partial charge on any atom is -0.465 e. The second kappa shape index (κ2) is 3.12. The summed E-state index contributed by atoms with van der Waals surface area (Å²) in [7, 11) is 1.99. The van der Waals surface area contributed by atoms with E-state index < -0.39 is 5.60 Å². The van der Waals surface area contributed by atoms with Crippen LogP contribution in [0.25, 0.3) is 0 Å². The van der Waals surface area contributed by atoms with Crippen LogP contribution in [-0.2, 0) is 5.60 Å². The molecule has 13 heavy (non-hydrogen) atoms. The Morgan fingerprint density at radius 3 is 2.92 bits per heavy atom. The van der Waals surface area contributed by atoms with Gasteiger partial charge in [0.05, 0.1) is 10.7 Å². The summed E-state index contributed by atoms with van der Waals surface area (Å²) >= 11 is 3.36. The number of likely N-dealkylation sites (tertiary alicyclic amines) is 1. The molecule has 1 aliphatic rings. The molecule has 1 N–H and O–H groups in total. The molecule has 2 rings (SSSR count). The van der Waals surface area contributed by atoms with Crippen LogP contribution >= 0.6 is 15.9 Å². The Bertz CT molecular complexity index is 312. The first-order chi connectivity index (χ1) is 6.12. The van der Waals surface area contributed by atoms with E-state index in [2.05, 4.69) is 20.8 Å². The van der Waals surface area contributed by atoms with Crippen LogP contribution < -0.4 is 0 Å². The third-order valence-electron chi connectivity index (χ3n) is 2.48. The van der Waals surface area contributed by atoms with Gasteiger partial charge in [-0.05, 0) is 35.5 Å². The van der Waals surface area contributed by atoms with E-state index in [1.165, 1.54) is 0 Å². The van der Waals surface area contributed by atoms with Gasteiger partial charge >= 0.3 is 0 Å². The van der Waals surface area contributed by atoms with Gasteiger partial charge in [-0.15, -0.1) is 0 Å². The van der Waals surface area contributed by atoms with Crippen molar-refractivity contribution in [3.05, 3.63) is 22.6 Å². The van der Waals surface area contributed by atoms with Crippen LogP contribution in [0.3, 0.4) is 0 Å². The van der Waals surface area contributed by atoms with E-state index >= 15 is 0 Å². The lowest BCUT2D eigenvalue weighted by Crippen LogP contribution is -2.28. The van der Waals surface area contributed by atoms with Crippen LogP contribution in [0.4, 0.5) is 0 Å². The minimum atomic E-state index is -0.808. The number of likely N-dealkylation sites (N-methyl/N-ethyl adjacent to an activating group) is 1. The van der Waals surface area contributed by atoms with E-state index in [1.807, 2.05) is 13.1 Å². The Morgan fingerprint density at radius 1 is 1.69 bits per heavy atom. The standard InChI is InChI=1S/C9H12BrNO2/c1-11-4-3-9(12,6-11)8-7(10)2-5-13-8/h2,5,12H,3-4,6H2,1H3. The van der Waals surface area contributed by atoms with Crippen LogP contribution in [0.5, 0.6) is 0 Å². The third-order valence-corrected chi connectivity index (χ3v) is 3.10. The molecule has 0 radical (unpaired) electrons. The number of β-amino-alcohol motifs (C(OH)–C–C–N with tert-alkyl or cyclic N) is 1. The second-order valence-corrected chi connectivity index (χ2v) is 4.47. The highest BCUT2D eigenvalue weighted by Crippen LogP contribution is 2.36. The summed E-state index contributed by atoms with van der Waals surface area (Å²) in [5.41, 5.74) is -0.808. The lowest BCUT2D eigenvalue weighted by atomic mass is 10.0. The summed E-state index contributed by atoms with van der Waals surface area (Å²) in [5.74, 6) is 0.650. The predicted molar refractivity (Wildman–Crippen MR) is 52.4 cm³/mol. The Morgan fingerprint density at radius 2 is 2.46 bits per heavy atom. The second-order valence-electron chi connectivity index (χ2n) is 3.62. The zero-order valence-corrected chi connectivity index (χ0v) is 9.04. The van der Waals surface area contributed by atoms with Gasteiger partial charge in [-0.2, -0.15) is 0 Å². The number of rotatable bonds is 1. The SMILES string of the molecule is CN1CCC(O)(c2occc2Br)C1. The van der Waals surface area contributed by atoms with Crippen molar-refractivity contribution in [3.63, 3.8) is 0 Å². The predicted octanol–water partition coefficient (Wildman–Crippen LogP) is 1.57. The van der Waals surface area contributed by atoms with Gasteiger partial charge < -0.3 is 14.4 Å². The number of halogens is 1. The topological polar surface area (TPSA) is 36.6 Å². The van der Waals surface area contributed by atoms with Crippen molar-refractivity contribution in [2.24, 2.45) is 0 Å². The molecular weight excluding hydrogens is 234 g/mol. The van der Waals surface area contributed by atoms with Gasteiger partial charge in [-0.1, -0.05) is 0 Å². The number of hydrogen-bond donors (Lipinski definition) is 1. The number of aliphatic hydroxyl groups is 1. The molecule has 1 fully saturated rings. The van der Waals surface area contributed by atoms with E-state index in [1.54, 1.807) is 6.26 Å². The summed E-state index contributed by atoms with van der Waals surface area (Å²) in [6, 6.07) is 1.81. The van der Waals surface area contributed by atoms with Crippen molar-refractivity contribution in [1.29, 1.82) is 0 Å². The lowest BCUT2D eigenvalue weighted by molar-refractivity contribution is 0.0258. The van der Waals surface area contributed by atoms with Crippen LogP contribution in [0.1, 0.15) is 12.2 Å². The summed E-state index contributed by atoms with van der Waals surface area (Å²) in [6.45, 7) is 1.54. The normalized spacial score (nSPS) is 29.8. The molecule has 0 aromatic carbocycles. The average Bonchev–Trinajstić information content (AvgIpc) is 2.59. The van der Waals surface area contributed by atoms with Crippen molar-refractivity contribution in [3.8, 4) is 0 Å². The number of nitrogens with zero attached hydrogens (tertiary/aromatic N) is 1. The molecule has 0 amide bonds. The zero-order valence-electron chi connectivity index (χ0n) is 7.46. The zero-order chi connectivity index (χ0) is 9.47. The van der Waals surface area contributed by atoms with Crippen molar-refractivity contribution in [2.45, 2.75) is 12.0 Å². The highest BCUT2D eigenvalue weighted by atomic mass is 79.9. The molecule has 0 spiro atoms. The molecule has 0 bridgehead atoms. The fourth-order valence-corrected chi connectivity index (χ4v) is 2.36. The van der Waals surface area contributed by atoms with Gasteiger partial charge in [0.2, 0.25) is 0 Å². The molecule has 3 nitrogen and oxygen atoms in total. The molecule has 1 unspecified atom stereocenters. The van der Waals surface area contributed by atoms with Crippen molar-refractivity contribution in [1.82, 2.24) is 4.90 Å². The Labute approximate surface area is 85.5 Å². The molecule has 1 atom stereocenters. The molecule has 1 aromatic rings. The smallest absolute Gasteiger partial charge is 0.150 e. The summed E-state index contributed by atoms with van der Waals surface area (Å²) in [5, 5.41) is 10.2. The maximum Gasteiger partial charge on any atom is 0.150 e. The van der Waals surface area contributed by atoms with Crippen molar-refractivity contribution in [2.75, 3.05) is 20.1 Å². The van der Waals surface area contributed by atoms with Gasteiger partial charge in [-0.3, -0.25) is 0 Å². The number of hydrogen-bond acceptors (Lipinski definition) is 3. The van der Waals surface area contributed by atoms with E-state index in [0.717, 1.165) is 17.4 Å². The maximum atomic E-state index is 10.2. The Kier molecular flexibility index (Phi) is 2.21. The van der Waals surface area contributed by atoms with Gasteiger partial charge in [0, 0.05) is 13.1 Å². The quantitative estimate of drug-likeness (QED) is 0.817. The fourth-order valence-electron chi connectivity index (χ4n) is 1.79. The van der Waals surface area contributed by atoms with Crippen LogP contribution in [0.15, 0.2) is 21.2 Å². The molecular formula is C9H12BrNO2. The molecule has 4 heteroatoms. The number of furan rings is 1. The maximum absolute atomic E-state index is 10.2. The van der Waals surface area contributed by atoms with Crippen molar-refractivity contribution < 1.29 is 9.52 Å². The first-order valence-corrected chi connectivity index (χ1v) is 5.05. The Balaban J connectivity index is 2.30. The monoisotopic (exact) mass is 245 g/mol. The van der Waals surface area contributed by atoms with Gasteiger partial charge in [0.15, 0.2) is 5.76 Å². The summed E-state index contributed by atoms with van der Waals surface area (Å²) in [4.78, 5) is 2.09. The third kappa shape index (κ3) is 1.54. The van der Waals surface area contributed by atoms with E-state index in [4.69, 9.17) is 4.42 Å². The largest absolute Gasteiger partial charge is 0.465 e. The van der Waals surface area contributed by atoms with Crippen LogP contribution in [0.2, 0.25) is 0 Å². The van der Waals surface area contributed by atoms with E-state index in [0.29, 0.717) is 12.3 Å². The highest BCUT2D eigenvalue weighted by Gasteiger charge is 2.40. The van der Waals surface area contributed by atoms with Gasteiger partial charge in [0.25, 0.3) is 0 Å². The summed E-state index contributed by atoms with van der Waals surface area (Å²) in [6.07, 6.45) is 2.32. The van der Waals surface area contributed by atoms with E-state index in [9.17, 15) is 5.11 Å². The molecule has 2 heterocycles. The summed E-state index contributed by atoms with van der Waals surface area (Å²) < 4.78 is 6.13. The molecule has 0 saturated carbocycles. The highest BCUT2D eigenvalue weighted by molar-refractivity contribution is 9.10. The van der Waals surface area contributed by atoms with Gasteiger partial charge in [0.1, 0.15) is 5.60 Å². The van der Waals surface area contributed by atoms with Gasteiger partial charge in [-0.25, -0.2) is 0 Å². The first kappa shape index (κ1) is 9.24. The lowest BCUT2D eigenvalue weighted by Gasteiger charge is -2.19. The van der Waals surface area contributed by atoms with Crippen LogP contribution in [-0.4, -0.2) is 30.1 Å². The minimum absolute atomic E-state index is 0.638. The molecule has 1 aliphatic heterocycles. The molecule has 0 aliphatic carbocycles. The van der Waals surface area contributed by atoms with E-state index in [-0.39, 0.29) is 0 Å². The van der Waals surface area contributed by atoms with Crippen molar-refractivity contribution >= 4 is 15.9 Å².